The molecule has 7 heteroatoms. The van der Waals surface area contributed by atoms with Crippen molar-refractivity contribution in [3.63, 3.8) is 0 Å². The number of anilines is 1. The molecule has 0 aromatic heterocycles. The molecule has 0 unspecified atom stereocenters. The molecule has 0 atom stereocenters. The third kappa shape index (κ3) is 7.68. The van der Waals surface area contributed by atoms with Crippen molar-refractivity contribution in [3.05, 3.63) is 18.2 Å². The molecule has 0 spiro atoms. The molecule has 25 heavy (non-hydrogen) atoms. The van der Waals surface area contributed by atoms with Crippen LogP contribution in [-0.2, 0) is 4.74 Å². The van der Waals surface area contributed by atoms with Gasteiger partial charge in [-0.2, -0.15) is 0 Å². The van der Waals surface area contributed by atoms with E-state index >= 15 is 0 Å². The van der Waals surface area contributed by atoms with Gasteiger partial charge in [-0.1, -0.05) is 25.7 Å². The second-order valence-electron chi connectivity index (χ2n) is 5.95. The van der Waals surface area contributed by atoms with Gasteiger partial charge in [0.25, 0.3) is 0 Å². The van der Waals surface area contributed by atoms with Gasteiger partial charge in [-0.15, -0.1) is 24.0 Å². The van der Waals surface area contributed by atoms with Crippen LogP contribution in [0.5, 0.6) is 11.5 Å². The molecule has 1 aliphatic rings. The number of guanidine groups is 1. The first-order chi connectivity index (χ1) is 11.7. The minimum Gasteiger partial charge on any atom is -0.493 e. The van der Waals surface area contributed by atoms with Crippen LogP contribution in [0.1, 0.15) is 38.5 Å². The number of halogens is 1. The van der Waals surface area contributed by atoms with Crippen LogP contribution in [0.25, 0.3) is 0 Å². The zero-order valence-electron chi connectivity index (χ0n) is 15.1. The predicted octanol–water partition coefficient (Wildman–Crippen LogP) is 3.79. The topological polar surface area (TPSA) is 78.1 Å². The van der Waals surface area contributed by atoms with E-state index in [9.17, 15) is 0 Å². The van der Waals surface area contributed by atoms with E-state index in [2.05, 4.69) is 10.3 Å². The lowest BCUT2D eigenvalue weighted by Crippen LogP contribution is -2.24. The number of aliphatic imine (C=N–C) groups is 1. The van der Waals surface area contributed by atoms with Gasteiger partial charge in [0, 0.05) is 11.8 Å². The quantitative estimate of drug-likeness (QED) is 0.212. The summed E-state index contributed by atoms with van der Waals surface area (Å²) in [6.45, 7) is 1.17. The molecule has 1 aromatic carbocycles. The van der Waals surface area contributed by atoms with E-state index in [-0.39, 0.29) is 24.0 Å². The van der Waals surface area contributed by atoms with Crippen LogP contribution in [0.2, 0.25) is 0 Å². The second kappa shape index (κ2) is 12.2. The normalized spacial score (nSPS) is 15.8. The Hall–Kier alpha value is -1.22. The van der Waals surface area contributed by atoms with Crippen LogP contribution >= 0.6 is 24.0 Å². The number of nitrogens with two attached hydrogens (primary N) is 1. The molecule has 1 saturated carbocycles. The largest absolute Gasteiger partial charge is 0.493 e. The summed E-state index contributed by atoms with van der Waals surface area (Å²) in [6.07, 6.45) is 7.95. The van der Waals surface area contributed by atoms with Gasteiger partial charge in [0.1, 0.15) is 0 Å². The molecule has 1 aliphatic carbocycles. The summed E-state index contributed by atoms with van der Waals surface area (Å²) in [7, 11) is 3.21. The monoisotopic (exact) mass is 463 g/mol. The zero-order valence-corrected chi connectivity index (χ0v) is 17.5. The molecule has 142 valence electrons. The van der Waals surface area contributed by atoms with Gasteiger partial charge in [-0.05, 0) is 25.0 Å². The molecule has 0 bridgehead atoms. The number of nitrogens with one attached hydrogen (secondary N) is 1. The second-order valence-corrected chi connectivity index (χ2v) is 5.95. The number of hydrogen-bond acceptors (Lipinski definition) is 4. The van der Waals surface area contributed by atoms with Gasteiger partial charge < -0.3 is 25.3 Å². The fourth-order valence-electron chi connectivity index (χ4n) is 2.90. The van der Waals surface area contributed by atoms with E-state index in [0.29, 0.717) is 36.7 Å². The van der Waals surface area contributed by atoms with Crippen molar-refractivity contribution in [2.24, 2.45) is 10.7 Å². The predicted molar refractivity (Wildman–Crippen MR) is 113 cm³/mol. The Labute approximate surface area is 167 Å². The van der Waals surface area contributed by atoms with Crippen LogP contribution in [0.3, 0.4) is 0 Å². The number of methoxy groups -OCH3 is 2. The third-order valence-electron chi connectivity index (χ3n) is 4.19. The molecule has 0 saturated heterocycles. The van der Waals surface area contributed by atoms with E-state index in [1.807, 2.05) is 18.2 Å². The van der Waals surface area contributed by atoms with Gasteiger partial charge in [0.15, 0.2) is 17.5 Å². The average Bonchev–Trinajstić information content (AvgIpc) is 2.87. The maximum absolute atomic E-state index is 5.92. The van der Waals surface area contributed by atoms with E-state index < -0.39 is 0 Å². The summed E-state index contributed by atoms with van der Waals surface area (Å²) >= 11 is 0. The van der Waals surface area contributed by atoms with Crippen molar-refractivity contribution >= 4 is 35.6 Å². The molecule has 0 aliphatic heterocycles. The Balaban J connectivity index is 0.00000312. The first-order valence-electron chi connectivity index (χ1n) is 8.63. The number of benzene rings is 1. The first kappa shape index (κ1) is 21.8. The minimum absolute atomic E-state index is 0. The van der Waals surface area contributed by atoms with Gasteiger partial charge in [-0.25, -0.2) is 0 Å². The molecule has 3 N–H and O–H groups in total. The van der Waals surface area contributed by atoms with Crippen molar-refractivity contribution in [2.75, 3.05) is 32.7 Å². The first-order valence-corrected chi connectivity index (χ1v) is 8.63. The molecule has 1 aromatic rings. The van der Waals surface area contributed by atoms with E-state index in [1.54, 1.807) is 14.2 Å². The van der Waals surface area contributed by atoms with Crippen LogP contribution in [0, 0.1) is 0 Å². The Bertz CT molecular complexity index is 532. The lowest BCUT2D eigenvalue weighted by atomic mass is 10.1. The highest BCUT2D eigenvalue weighted by molar-refractivity contribution is 14.0. The molecule has 1 fully saturated rings. The fourth-order valence-corrected chi connectivity index (χ4v) is 2.90. The van der Waals surface area contributed by atoms with Crippen LogP contribution in [0.15, 0.2) is 23.2 Å². The van der Waals surface area contributed by atoms with E-state index in [0.717, 1.165) is 5.69 Å². The van der Waals surface area contributed by atoms with Gasteiger partial charge in [0.2, 0.25) is 0 Å². The molecule has 2 rings (SSSR count). The Morgan fingerprint density at radius 3 is 2.44 bits per heavy atom. The van der Waals surface area contributed by atoms with Crippen molar-refractivity contribution < 1.29 is 14.2 Å². The third-order valence-corrected chi connectivity index (χ3v) is 4.19. The number of ether oxygens (including phenoxy) is 3. The van der Waals surface area contributed by atoms with Gasteiger partial charge in [0.05, 0.1) is 33.5 Å². The summed E-state index contributed by atoms with van der Waals surface area (Å²) in [5.74, 6) is 1.69. The van der Waals surface area contributed by atoms with Gasteiger partial charge in [-0.3, -0.25) is 4.99 Å². The van der Waals surface area contributed by atoms with Gasteiger partial charge >= 0.3 is 0 Å². The Kier molecular flexibility index (Phi) is 10.6. The lowest BCUT2D eigenvalue weighted by molar-refractivity contribution is 0.0487. The van der Waals surface area contributed by atoms with Crippen LogP contribution in [-0.4, -0.2) is 39.4 Å². The van der Waals surface area contributed by atoms with Crippen LogP contribution < -0.4 is 20.5 Å². The van der Waals surface area contributed by atoms with Crippen molar-refractivity contribution in [1.82, 2.24) is 0 Å². The smallest absolute Gasteiger partial charge is 0.193 e. The zero-order chi connectivity index (χ0) is 17.2. The SMILES string of the molecule is COc1ccc(NC(N)=NCCOC2CCCCCC2)cc1OC.I. The Morgan fingerprint density at radius 2 is 1.80 bits per heavy atom. The van der Waals surface area contributed by atoms with E-state index in [1.165, 1.54) is 38.5 Å². The molecular weight excluding hydrogens is 433 g/mol. The highest BCUT2D eigenvalue weighted by Gasteiger charge is 2.11. The summed E-state index contributed by atoms with van der Waals surface area (Å²) in [5, 5.41) is 3.05. The number of rotatable bonds is 7. The van der Waals surface area contributed by atoms with Crippen molar-refractivity contribution in [3.8, 4) is 11.5 Å². The molecule has 0 heterocycles. The van der Waals surface area contributed by atoms with Crippen molar-refractivity contribution in [1.29, 1.82) is 0 Å². The Morgan fingerprint density at radius 1 is 1.12 bits per heavy atom. The lowest BCUT2D eigenvalue weighted by Gasteiger charge is -2.14. The minimum atomic E-state index is 0. The molecule has 0 radical (unpaired) electrons. The summed E-state index contributed by atoms with van der Waals surface area (Å²) in [5.41, 5.74) is 6.73. The average molecular weight is 463 g/mol. The number of nitrogens with zero attached hydrogens (tertiary/aromatic N) is 1. The highest BCUT2D eigenvalue weighted by atomic mass is 127. The summed E-state index contributed by atoms with van der Waals surface area (Å²) in [4.78, 5) is 4.31. The molecular formula is C18H30IN3O3. The maximum Gasteiger partial charge on any atom is 0.193 e. The highest BCUT2D eigenvalue weighted by Crippen LogP contribution is 2.29. The fraction of sp³-hybridized carbons (Fsp3) is 0.611. The summed E-state index contributed by atoms with van der Waals surface area (Å²) < 4.78 is 16.4. The van der Waals surface area contributed by atoms with Crippen LogP contribution in [0.4, 0.5) is 5.69 Å². The van der Waals surface area contributed by atoms with Crippen molar-refractivity contribution in [2.45, 2.75) is 44.6 Å². The van der Waals surface area contributed by atoms with E-state index in [4.69, 9.17) is 19.9 Å². The molecule has 0 amide bonds. The molecule has 6 nitrogen and oxygen atoms in total. The summed E-state index contributed by atoms with van der Waals surface area (Å²) in [6, 6.07) is 5.51. The number of hydrogen-bond donors (Lipinski definition) is 2. The maximum atomic E-state index is 5.92. The standard InChI is InChI=1S/C18H29N3O3.HI/c1-22-16-10-9-14(13-17(16)23-2)21-18(19)20-11-12-24-15-7-5-3-4-6-8-15;/h9-10,13,15H,3-8,11-12H2,1-2H3,(H3,19,20,21);1H.